The highest BCUT2D eigenvalue weighted by atomic mass is 15.3. The van der Waals surface area contributed by atoms with Crippen LogP contribution in [0.15, 0.2) is 37.0 Å². The number of benzene rings is 1. The van der Waals surface area contributed by atoms with Gasteiger partial charge in [-0.1, -0.05) is 30.8 Å². The highest BCUT2D eigenvalue weighted by Crippen LogP contribution is 2.26. The van der Waals surface area contributed by atoms with E-state index in [-0.39, 0.29) is 0 Å². The van der Waals surface area contributed by atoms with Gasteiger partial charge in [0.1, 0.15) is 5.82 Å². The van der Waals surface area contributed by atoms with Crippen molar-refractivity contribution in [3.05, 3.63) is 64.9 Å². The van der Waals surface area contributed by atoms with E-state index in [0.717, 1.165) is 44.2 Å². The van der Waals surface area contributed by atoms with Crippen LogP contribution in [0.25, 0.3) is 5.70 Å². The van der Waals surface area contributed by atoms with Crippen LogP contribution in [0, 0.1) is 20.8 Å². The third-order valence-corrected chi connectivity index (χ3v) is 6.35. The zero-order valence-electron chi connectivity index (χ0n) is 18.2. The monoisotopic (exact) mass is 390 g/mol. The third kappa shape index (κ3) is 4.48. The van der Waals surface area contributed by atoms with Crippen LogP contribution in [0.3, 0.4) is 0 Å². The van der Waals surface area contributed by atoms with Crippen molar-refractivity contribution in [3.8, 4) is 0 Å². The lowest BCUT2D eigenvalue weighted by Gasteiger charge is -2.38. The van der Waals surface area contributed by atoms with Crippen molar-refractivity contribution in [1.29, 1.82) is 0 Å². The molecule has 0 atom stereocenters. The Morgan fingerprint density at radius 2 is 1.66 bits per heavy atom. The predicted molar refractivity (Wildman–Crippen MR) is 122 cm³/mol. The normalized spacial score (nSPS) is 17.8. The fourth-order valence-corrected chi connectivity index (χ4v) is 4.74. The number of aromatic nitrogens is 1. The van der Waals surface area contributed by atoms with Gasteiger partial charge in [-0.2, -0.15) is 0 Å². The highest BCUT2D eigenvalue weighted by Gasteiger charge is 2.21. The van der Waals surface area contributed by atoms with E-state index in [1.165, 1.54) is 53.7 Å². The summed E-state index contributed by atoms with van der Waals surface area (Å²) in [6.45, 7) is 18.5. The Morgan fingerprint density at radius 3 is 2.31 bits per heavy atom. The summed E-state index contributed by atoms with van der Waals surface area (Å²) in [4.78, 5) is 12.1. The molecule has 4 nitrogen and oxygen atoms in total. The van der Waals surface area contributed by atoms with E-state index in [2.05, 4.69) is 71.3 Å². The van der Waals surface area contributed by atoms with Gasteiger partial charge < -0.3 is 9.80 Å². The standard InChI is InChI=1S/C25H34N4/c1-19-15-21(3)25(26-17-19)29-13-11-28(12-14-29)22(4)24-8-7-23(16-20(24)2)18-27-9-5-6-10-27/h7-8,15-17H,4-6,9-14,18H2,1-3H3. The first-order valence-corrected chi connectivity index (χ1v) is 11.0. The molecule has 0 aliphatic carbocycles. The maximum Gasteiger partial charge on any atom is 0.131 e. The summed E-state index contributed by atoms with van der Waals surface area (Å²) in [7, 11) is 0. The molecule has 0 spiro atoms. The number of rotatable bonds is 5. The lowest BCUT2D eigenvalue weighted by molar-refractivity contribution is 0.331. The first kappa shape index (κ1) is 20.0. The second-order valence-electron chi connectivity index (χ2n) is 8.71. The lowest BCUT2D eigenvalue weighted by Crippen LogP contribution is -2.46. The molecule has 2 fully saturated rings. The molecule has 0 unspecified atom stereocenters. The Morgan fingerprint density at radius 1 is 0.931 bits per heavy atom. The zero-order chi connectivity index (χ0) is 20.4. The van der Waals surface area contributed by atoms with Gasteiger partial charge in [0, 0.05) is 50.2 Å². The van der Waals surface area contributed by atoms with Crippen molar-refractivity contribution < 1.29 is 0 Å². The summed E-state index contributed by atoms with van der Waals surface area (Å²) >= 11 is 0. The number of nitrogens with zero attached hydrogens (tertiary/aromatic N) is 4. The summed E-state index contributed by atoms with van der Waals surface area (Å²) in [5.74, 6) is 1.13. The molecule has 4 rings (SSSR count). The van der Waals surface area contributed by atoms with Crippen molar-refractivity contribution in [3.63, 3.8) is 0 Å². The Kier molecular flexibility index (Phi) is 5.91. The van der Waals surface area contributed by atoms with Crippen LogP contribution in [0.1, 0.15) is 40.7 Å². The molecule has 3 heterocycles. The van der Waals surface area contributed by atoms with Gasteiger partial charge in [-0.15, -0.1) is 0 Å². The van der Waals surface area contributed by atoms with Crippen molar-refractivity contribution in [2.45, 2.75) is 40.2 Å². The third-order valence-electron chi connectivity index (χ3n) is 6.35. The highest BCUT2D eigenvalue weighted by molar-refractivity contribution is 5.65. The SMILES string of the molecule is C=C(c1ccc(CN2CCCC2)cc1C)N1CCN(c2ncc(C)cc2C)CC1. The topological polar surface area (TPSA) is 22.6 Å². The van der Waals surface area contributed by atoms with Gasteiger partial charge in [-0.3, -0.25) is 4.90 Å². The van der Waals surface area contributed by atoms with Gasteiger partial charge in [0.25, 0.3) is 0 Å². The number of pyridine rings is 1. The molecule has 0 radical (unpaired) electrons. The fourth-order valence-electron chi connectivity index (χ4n) is 4.74. The van der Waals surface area contributed by atoms with Gasteiger partial charge in [0.15, 0.2) is 0 Å². The number of hydrogen-bond donors (Lipinski definition) is 0. The van der Waals surface area contributed by atoms with Gasteiger partial charge in [-0.25, -0.2) is 4.98 Å². The average Bonchev–Trinajstić information content (AvgIpc) is 3.21. The van der Waals surface area contributed by atoms with Crippen LogP contribution < -0.4 is 4.90 Å². The Balaban J connectivity index is 1.39. The Hall–Kier alpha value is -2.33. The summed E-state index contributed by atoms with van der Waals surface area (Å²) in [5.41, 5.74) is 7.69. The van der Waals surface area contributed by atoms with E-state index >= 15 is 0 Å². The van der Waals surface area contributed by atoms with E-state index < -0.39 is 0 Å². The summed E-state index contributed by atoms with van der Waals surface area (Å²) in [5, 5.41) is 0. The van der Waals surface area contributed by atoms with Gasteiger partial charge in [-0.05, 0) is 69.0 Å². The molecule has 1 aromatic heterocycles. The predicted octanol–water partition coefficient (Wildman–Crippen LogP) is 4.40. The van der Waals surface area contributed by atoms with E-state index in [0.29, 0.717) is 0 Å². The molecule has 0 amide bonds. The number of piperazine rings is 1. The molecule has 154 valence electrons. The molecule has 0 bridgehead atoms. The first-order chi connectivity index (χ1) is 14.0. The Labute approximate surface area is 175 Å². The molecule has 2 aliphatic heterocycles. The maximum absolute atomic E-state index is 4.68. The van der Waals surface area contributed by atoms with Crippen LogP contribution in [0.5, 0.6) is 0 Å². The molecule has 0 N–H and O–H groups in total. The van der Waals surface area contributed by atoms with Crippen LogP contribution in [0.4, 0.5) is 5.82 Å². The number of hydrogen-bond acceptors (Lipinski definition) is 4. The van der Waals surface area contributed by atoms with Crippen molar-refractivity contribution in [2.75, 3.05) is 44.2 Å². The first-order valence-electron chi connectivity index (χ1n) is 11.0. The maximum atomic E-state index is 4.68. The van der Waals surface area contributed by atoms with E-state index in [4.69, 9.17) is 0 Å². The minimum Gasteiger partial charge on any atom is -0.368 e. The minimum atomic E-state index is 0.988. The molecular formula is C25H34N4. The molecule has 2 saturated heterocycles. The van der Waals surface area contributed by atoms with Crippen molar-refractivity contribution in [2.24, 2.45) is 0 Å². The van der Waals surface area contributed by atoms with Crippen LogP contribution in [-0.2, 0) is 6.54 Å². The second-order valence-corrected chi connectivity index (χ2v) is 8.71. The molecule has 2 aromatic rings. The largest absolute Gasteiger partial charge is 0.368 e. The Bertz CT molecular complexity index is 874. The van der Waals surface area contributed by atoms with E-state index in [1.807, 2.05) is 6.20 Å². The quantitative estimate of drug-likeness (QED) is 0.755. The van der Waals surface area contributed by atoms with E-state index in [1.54, 1.807) is 0 Å². The fraction of sp³-hybridized carbons (Fsp3) is 0.480. The molecule has 1 aromatic carbocycles. The molecule has 29 heavy (non-hydrogen) atoms. The summed E-state index contributed by atoms with van der Waals surface area (Å²) < 4.78 is 0. The minimum absolute atomic E-state index is 0.988. The van der Waals surface area contributed by atoms with Crippen LogP contribution >= 0.6 is 0 Å². The van der Waals surface area contributed by atoms with Gasteiger partial charge >= 0.3 is 0 Å². The number of aryl methyl sites for hydroxylation is 3. The summed E-state index contributed by atoms with van der Waals surface area (Å²) in [6, 6.07) is 9.15. The average molecular weight is 391 g/mol. The number of likely N-dealkylation sites (tertiary alicyclic amines) is 1. The lowest BCUT2D eigenvalue weighted by atomic mass is 10.0. The van der Waals surface area contributed by atoms with Gasteiger partial charge in [0.2, 0.25) is 0 Å². The second kappa shape index (κ2) is 8.58. The van der Waals surface area contributed by atoms with Crippen LogP contribution in [-0.4, -0.2) is 54.1 Å². The number of anilines is 1. The van der Waals surface area contributed by atoms with Gasteiger partial charge in [0.05, 0.1) is 0 Å². The zero-order valence-corrected chi connectivity index (χ0v) is 18.2. The summed E-state index contributed by atoms with van der Waals surface area (Å²) in [6.07, 6.45) is 4.66. The smallest absolute Gasteiger partial charge is 0.131 e. The van der Waals surface area contributed by atoms with E-state index in [9.17, 15) is 0 Å². The van der Waals surface area contributed by atoms with Crippen LogP contribution in [0.2, 0.25) is 0 Å². The van der Waals surface area contributed by atoms with Crippen molar-refractivity contribution >= 4 is 11.5 Å². The van der Waals surface area contributed by atoms with Crippen molar-refractivity contribution in [1.82, 2.24) is 14.8 Å². The molecule has 2 aliphatic rings. The molecular weight excluding hydrogens is 356 g/mol. The molecule has 0 saturated carbocycles. The molecule has 4 heteroatoms.